The number of aromatic nitrogens is 2. The van der Waals surface area contributed by atoms with Crippen molar-refractivity contribution in [3.8, 4) is 23.0 Å². The lowest BCUT2D eigenvalue weighted by atomic mass is 10.1. The molecule has 9 heteroatoms. The molecule has 1 fully saturated rings. The largest absolute Gasteiger partial charge is 0.497 e. The molecular weight excluding hydrogens is 401 g/mol. The van der Waals surface area contributed by atoms with Crippen LogP contribution in [0.3, 0.4) is 0 Å². The van der Waals surface area contributed by atoms with E-state index in [9.17, 15) is 9.18 Å². The molecule has 2 heterocycles. The van der Waals surface area contributed by atoms with Gasteiger partial charge in [-0.25, -0.2) is 4.39 Å². The number of benzene rings is 2. The number of anilines is 1. The Hall–Kier alpha value is -3.13. The molecule has 1 unspecified atom stereocenters. The van der Waals surface area contributed by atoms with Gasteiger partial charge < -0.3 is 18.9 Å². The molecular formula is C20H17ClFN3O4. The molecule has 1 aliphatic rings. The molecule has 3 aromatic rings. The van der Waals surface area contributed by atoms with Crippen LogP contribution in [0.2, 0.25) is 5.02 Å². The lowest BCUT2D eigenvalue weighted by molar-refractivity contribution is -0.117. The van der Waals surface area contributed by atoms with E-state index in [4.69, 9.17) is 25.6 Å². The summed E-state index contributed by atoms with van der Waals surface area (Å²) in [4.78, 5) is 18.3. The molecule has 150 valence electrons. The molecule has 0 bridgehead atoms. The molecule has 0 saturated carbocycles. The monoisotopic (exact) mass is 417 g/mol. The molecule has 1 atom stereocenters. The highest BCUT2D eigenvalue weighted by molar-refractivity contribution is 6.30. The van der Waals surface area contributed by atoms with E-state index >= 15 is 0 Å². The normalized spacial score (nSPS) is 16.3. The highest BCUT2D eigenvalue weighted by Crippen LogP contribution is 2.36. The Balaban J connectivity index is 1.58. The first-order valence-corrected chi connectivity index (χ1v) is 9.19. The van der Waals surface area contributed by atoms with Crippen molar-refractivity contribution in [1.82, 2.24) is 10.1 Å². The molecule has 1 aromatic heterocycles. The molecule has 1 amide bonds. The topological polar surface area (TPSA) is 77.7 Å². The number of hydrogen-bond acceptors (Lipinski definition) is 6. The van der Waals surface area contributed by atoms with Gasteiger partial charge >= 0.3 is 0 Å². The zero-order valence-corrected chi connectivity index (χ0v) is 16.4. The van der Waals surface area contributed by atoms with Crippen molar-refractivity contribution in [2.75, 3.05) is 25.7 Å². The van der Waals surface area contributed by atoms with Crippen LogP contribution in [0.15, 0.2) is 40.9 Å². The third-order valence-corrected chi connectivity index (χ3v) is 5.01. The van der Waals surface area contributed by atoms with Crippen LogP contribution in [0.4, 0.5) is 10.1 Å². The maximum atomic E-state index is 14.2. The van der Waals surface area contributed by atoms with Crippen LogP contribution in [-0.2, 0) is 4.79 Å². The number of nitrogens with zero attached hydrogens (tertiary/aromatic N) is 3. The van der Waals surface area contributed by atoms with Gasteiger partial charge in [-0.3, -0.25) is 4.79 Å². The smallest absolute Gasteiger partial charge is 0.261 e. The summed E-state index contributed by atoms with van der Waals surface area (Å²) in [5.74, 6) is 0.706. The van der Waals surface area contributed by atoms with Crippen molar-refractivity contribution in [1.29, 1.82) is 0 Å². The maximum Gasteiger partial charge on any atom is 0.261 e. The van der Waals surface area contributed by atoms with E-state index in [1.807, 2.05) is 0 Å². The van der Waals surface area contributed by atoms with E-state index in [0.29, 0.717) is 22.9 Å². The minimum atomic E-state index is -0.553. The Bertz CT molecular complexity index is 1070. The summed E-state index contributed by atoms with van der Waals surface area (Å²) in [5, 5.41) is 4.29. The van der Waals surface area contributed by atoms with Crippen LogP contribution in [0.25, 0.3) is 11.5 Å². The Labute approximate surface area is 171 Å². The van der Waals surface area contributed by atoms with Crippen LogP contribution >= 0.6 is 11.6 Å². The molecule has 0 radical (unpaired) electrons. The molecule has 1 aliphatic heterocycles. The quantitative estimate of drug-likeness (QED) is 0.622. The van der Waals surface area contributed by atoms with E-state index in [0.717, 1.165) is 0 Å². The summed E-state index contributed by atoms with van der Waals surface area (Å²) in [6.45, 7) is 0.246. The SMILES string of the molecule is COc1ccc(-c2nc(C3CC(=O)N(c4ccc(Cl)cc4F)C3)no2)c(OC)c1. The van der Waals surface area contributed by atoms with Gasteiger partial charge in [0.25, 0.3) is 5.89 Å². The first kappa shape index (κ1) is 19.2. The average Bonchev–Trinajstić information content (AvgIpc) is 3.34. The molecule has 7 nitrogen and oxygen atoms in total. The molecule has 29 heavy (non-hydrogen) atoms. The molecule has 2 aromatic carbocycles. The first-order chi connectivity index (χ1) is 14.0. The Morgan fingerprint density at radius 3 is 2.76 bits per heavy atom. The number of ether oxygens (including phenoxy) is 2. The Morgan fingerprint density at radius 1 is 1.21 bits per heavy atom. The van der Waals surface area contributed by atoms with E-state index in [1.54, 1.807) is 31.4 Å². The van der Waals surface area contributed by atoms with Gasteiger partial charge in [-0.1, -0.05) is 16.8 Å². The summed E-state index contributed by atoms with van der Waals surface area (Å²) >= 11 is 5.80. The molecule has 1 saturated heterocycles. The van der Waals surface area contributed by atoms with Crippen LogP contribution in [0, 0.1) is 5.82 Å². The van der Waals surface area contributed by atoms with Gasteiger partial charge in [-0.15, -0.1) is 0 Å². The van der Waals surface area contributed by atoms with Crippen molar-refractivity contribution >= 4 is 23.2 Å². The van der Waals surface area contributed by atoms with Gasteiger partial charge in [0.1, 0.15) is 17.3 Å². The van der Waals surface area contributed by atoms with Crippen LogP contribution < -0.4 is 14.4 Å². The first-order valence-electron chi connectivity index (χ1n) is 8.81. The van der Waals surface area contributed by atoms with Crippen molar-refractivity contribution in [3.05, 3.63) is 53.1 Å². The third-order valence-electron chi connectivity index (χ3n) is 4.77. The number of halogens is 2. The fraction of sp³-hybridized carbons (Fsp3) is 0.250. The number of carbonyl (C=O) groups excluding carboxylic acids is 1. The second-order valence-electron chi connectivity index (χ2n) is 6.53. The fourth-order valence-electron chi connectivity index (χ4n) is 3.30. The van der Waals surface area contributed by atoms with E-state index < -0.39 is 5.82 Å². The van der Waals surface area contributed by atoms with Crippen molar-refractivity contribution in [2.24, 2.45) is 0 Å². The zero-order chi connectivity index (χ0) is 20.5. The fourth-order valence-corrected chi connectivity index (χ4v) is 3.46. The summed E-state index contributed by atoms with van der Waals surface area (Å²) in [6.07, 6.45) is 0.154. The van der Waals surface area contributed by atoms with Gasteiger partial charge in [0.05, 0.1) is 25.5 Å². The highest BCUT2D eigenvalue weighted by Gasteiger charge is 2.36. The zero-order valence-electron chi connectivity index (χ0n) is 15.7. The predicted octanol–water partition coefficient (Wildman–Crippen LogP) is 4.07. The minimum absolute atomic E-state index is 0.154. The van der Waals surface area contributed by atoms with Gasteiger partial charge in [0.2, 0.25) is 5.91 Å². The van der Waals surface area contributed by atoms with Crippen LogP contribution in [-0.4, -0.2) is 36.8 Å². The average molecular weight is 418 g/mol. The molecule has 0 aliphatic carbocycles. The summed E-state index contributed by atoms with van der Waals surface area (Å²) in [7, 11) is 3.09. The van der Waals surface area contributed by atoms with Gasteiger partial charge in [-0.05, 0) is 30.3 Å². The van der Waals surface area contributed by atoms with Gasteiger partial charge in [0.15, 0.2) is 5.82 Å². The van der Waals surface area contributed by atoms with Crippen molar-refractivity contribution < 1.29 is 23.2 Å². The molecule has 4 rings (SSSR count). The lowest BCUT2D eigenvalue weighted by Gasteiger charge is -2.17. The van der Waals surface area contributed by atoms with Gasteiger partial charge in [0, 0.05) is 30.0 Å². The van der Waals surface area contributed by atoms with Crippen LogP contribution in [0.5, 0.6) is 11.5 Å². The number of hydrogen-bond donors (Lipinski definition) is 0. The summed E-state index contributed by atoms with van der Waals surface area (Å²) in [6, 6.07) is 9.43. The van der Waals surface area contributed by atoms with Crippen LogP contribution in [0.1, 0.15) is 18.2 Å². The number of carbonyl (C=O) groups is 1. The number of amides is 1. The maximum absolute atomic E-state index is 14.2. The molecule has 0 spiro atoms. The third kappa shape index (κ3) is 3.63. The standard InChI is InChI=1S/C20H17ClFN3O4/c1-27-13-4-5-14(17(9-13)28-2)20-23-19(24-29-20)11-7-18(26)25(10-11)16-6-3-12(21)8-15(16)22/h3-6,8-9,11H,7,10H2,1-2H3. The second kappa shape index (κ2) is 7.71. The summed E-state index contributed by atoms with van der Waals surface area (Å²) in [5.41, 5.74) is 0.791. The van der Waals surface area contributed by atoms with Crippen molar-refractivity contribution in [3.63, 3.8) is 0 Å². The van der Waals surface area contributed by atoms with Gasteiger partial charge in [-0.2, -0.15) is 4.98 Å². The lowest BCUT2D eigenvalue weighted by Crippen LogP contribution is -2.25. The number of rotatable bonds is 5. The minimum Gasteiger partial charge on any atom is -0.497 e. The van der Waals surface area contributed by atoms with E-state index in [1.165, 1.54) is 24.1 Å². The Morgan fingerprint density at radius 2 is 2.03 bits per heavy atom. The second-order valence-corrected chi connectivity index (χ2v) is 6.96. The Kier molecular flexibility index (Phi) is 5.10. The summed E-state index contributed by atoms with van der Waals surface area (Å²) < 4.78 is 30.2. The van der Waals surface area contributed by atoms with E-state index in [2.05, 4.69) is 10.1 Å². The predicted molar refractivity (Wildman–Crippen MR) is 104 cm³/mol. The number of methoxy groups -OCH3 is 2. The highest BCUT2D eigenvalue weighted by atomic mass is 35.5. The van der Waals surface area contributed by atoms with E-state index in [-0.39, 0.29) is 41.4 Å². The molecule has 0 N–H and O–H groups in total. The van der Waals surface area contributed by atoms with Crippen molar-refractivity contribution in [2.45, 2.75) is 12.3 Å².